The Morgan fingerprint density at radius 2 is 1.96 bits per heavy atom. The lowest BCUT2D eigenvalue weighted by Crippen LogP contribution is -2.16. The summed E-state index contributed by atoms with van der Waals surface area (Å²) in [6.45, 7) is 5.94. The Kier molecular flexibility index (Phi) is 5.73. The summed E-state index contributed by atoms with van der Waals surface area (Å²) < 4.78 is 10.4. The lowest BCUT2D eigenvalue weighted by Gasteiger charge is -2.11. The van der Waals surface area contributed by atoms with Crippen molar-refractivity contribution in [3.05, 3.63) is 48.3 Å². The van der Waals surface area contributed by atoms with Crippen LogP contribution < -0.4 is 20.1 Å². The third-order valence-electron chi connectivity index (χ3n) is 3.13. The van der Waals surface area contributed by atoms with Gasteiger partial charge in [-0.25, -0.2) is 9.97 Å². The van der Waals surface area contributed by atoms with Crippen LogP contribution in [0.2, 0.25) is 0 Å². The van der Waals surface area contributed by atoms with E-state index in [1.54, 1.807) is 44.4 Å². The number of carbonyl (C=O) groups is 1. The summed E-state index contributed by atoms with van der Waals surface area (Å²) in [5, 5.41) is 5.75. The molecular weight excluding hydrogens is 308 g/mol. The highest BCUT2D eigenvalue weighted by atomic mass is 16.5. The van der Waals surface area contributed by atoms with Gasteiger partial charge in [-0.2, -0.15) is 0 Å². The standard InChI is InChI=1S/C17H20N4O3/c1-5-8-18-17-19-11(2)9-13(21-17)16(22)20-12-6-7-14(23-3)15(10-12)24-4/h5-7,9-10H,1,8H2,2-4H3,(H,20,22)(H,18,19,21). The van der Waals surface area contributed by atoms with Gasteiger partial charge in [-0.3, -0.25) is 4.79 Å². The van der Waals surface area contributed by atoms with Crippen molar-refractivity contribution >= 4 is 17.5 Å². The third kappa shape index (κ3) is 4.22. The van der Waals surface area contributed by atoms with Gasteiger partial charge in [0.2, 0.25) is 5.95 Å². The van der Waals surface area contributed by atoms with Gasteiger partial charge in [0.05, 0.1) is 14.2 Å². The SMILES string of the molecule is C=CCNc1nc(C)cc(C(=O)Nc2ccc(OC)c(OC)c2)n1. The van der Waals surface area contributed by atoms with E-state index in [0.29, 0.717) is 35.4 Å². The van der Waals surface area contributed by atoms with Crippen molar-refractivity contribution in [1.29, 1.82) is 0 Å². The molecule has 0 saturated carbocycles. The molecule has 1 amide bonds. The fraction of sp³-hybridized carbons (Fsp3) is 0.235. The molecule has 0 saturated heterocycles. The Hall–Kier alpha value is -3.09. The Labute approximate surface area is 140 Å². The zero-order valence-corrected chi connectivity index (χ0v) is 13.9. The average Bonchev–Trinajstić information content (AvgIpc) is 2.59. The predicted octanol–water partition coefficient (Wildman–Crippen LogP) is 2.65. The lowest BCUT2D eigenvalue weighted by molar-refractivity contribution is 0.102. The van der Waals surface area contributed by atoms with Gasteiger partial charge in [0.1, 0.15) is 5.69 Å². The molecule has 1 aromatic carbocycles. The fourth-order valence-electron chi connectivity index (χ4n) is 2.04. The van der Waals surface area contributed by atoms with E-state index in [4.69, 9.17) is 9.47 Å². The molecule has 2 aromatic rings. The van der Waals surface area contributed by atoms with Crippen molar-refractivity contribution in [3.63, 3.8) is 0 Å². The van der Waals surface area contributed by atoms with Crippen LogP contribution in [0.3, 0.4) is 0 Å². The van der Waals surface area contributed by atoms with Crippen molar-refractivity contribution in [2.24, 2.45) is 0 Å². The number of amides is 1. The minimum absolute atomic E-state index is 0.267. The number of hydrogen-bond acceptors (Lipinski definition) is 6. The molecule has 0 aliphatic carbocycles. The molecule has 126 valence electrons. The van der Waals surface area contributed by atoms with Crippen molar-refractivity contribution < 1.29 is 14.3 Å². The quantitative estimate of drug-likeness (QED) is 0.760. The van der Waals surface area contributed by atoms with Gasteiger partial charge >= 0.3 is 0 Å². The lowest BCUT2D eigenvalue weighted by atomic mass is 10.2. The third-order valence-corrected chi connectivity index (χ3v) is 3.13. The first kappa shape index (κ1) is 17.3. The van der Waals surface area contributed by atoms with Crippen LogP contribution in [0.5, 0.6) is 11.5 Å². The highest BCUT2D eigenvalue weighted by molar-refractivity contribution is 6.03. The zero-order chi connectivity index (χ0) is 17.5. The highest BCUT2D eigenvalue weighted by Gasteiger charge is 2.12. The Balaban J connectivity index is 2.20. The molecule has 0 bridgehead atoms. The van der Waals surface area contributed by atoms with Crippen LogP contribution in [0.25, 0.3) is 0 Å². The van der Waals surface area contributed by atoms with E-state index < -0.39 is 0 Å². The van der Waals surface area contributed by atoms with Crippen molar-refractivity contribution in [1.82, 2.24) is 9.97 Å². The number of benzene rings is 1. The molecule has 0 atom stereocenters. The van der Waals surface area contributed by atoms with E-state index in [0.717, 1.165) is 0 Å². The summed E-state index contributed by atoms with van der Waals surface area (Å²) >= 11 is 0. The van der Waals surface area contributed by atoms with Gasteiger partial charge in [0, 0.05) is 24.0 Å². The van der Waals surface area contributed by atoms with Crippen LogP contribution in [0.4, 0.5) is 11.6 Å². The maximum atomic E-state index is 12.4. The first-order valence-corrected chi connectivity index (χ1v) is 7.31. The molecular formula is C17H20N4O3. The molecule has 0 unspecified atom stereocenters. The van der Waals surface area contributed by atoms with Gasteiger partial charge in [0.25, 0.3) is 5.91 Å². The number of aromatic nitrogens is 2. The maximum Gasteiger partial charge on any atom is 0.274 e. The monoisotopic (exact) mass is 328 g/mol. The van der Waals surface area contributed by atoms with E-state index in [1.807, 2.05) is 0 Å². The maximum absolute atomic E-state index is 12.4. The molecule has 7 nitrogen and oxygen atoms in total. The second-order valence-corrected chi connectivity index (χ2v) is 4.91. The highest BCUT2D eigenvalue weighted by Crippen LogP contribution is 2.29. The predicted molar refractivity (Wildman–Crippen MR) is 93.0 cm³/mol. The van der Waals surface area contributed by atoms with Crippen LogP contribution in [0.15, 0.2) is 36.9 Å². The molecule has 0 spiro atoms. The molecule has 1 heterocycles. The molecule has 24 heavy (non-hydrogen) atoms. The number of methoxy groups -OCH3 is 2. The number of carbonyl (C=O) groups excluding carboxylic acids is 1. The Morgan fingerprint density at radius 1 is 1.21 bits per heavy atom. The van der Waals surface area contributed by atoms with Crippen LogP contribution in [-0.2, 0) is 0 Å². The molecule has 0 aliphatic rings. The summed E-state index contributed by atoms with van der Waals surface area (Å²) in [6.07, 6.45) is 1.69. The van der Waals surface area contributed by atoms with Crippen LogP contribution in [0.1, 0.15) is 16.2 Å². The summed E-state index contributed by atoms with van der Waals surface area (Å²) in [5.41, 5.74) is 1.53. The normalized spacial score (nSPS) is 9.96. The molecule has 0 fully saturated rings. The van der Waals surface area contributed by atoms with Crippen LogP contribution >= 0.6 is 0 Å². The largest absolute Gasteiger partial charge is 0.493 e. The number of nitrogens with zero attached hydrogens (tertiary/aromatic N) is 2. The topological polar surface area (TPSA) is 85.4 Å². The number of anilines is 2. The van der Waals surface area contributed by atoms with E-state index in [-0.39, 0.29) is 11.6 Å². The molecule has 2 N–H and O–H groups in total. The first-order chi connectivity index (χ1) is 11.6. The van der Waals surface area contributed by atoms with Crippen molar-refractivity contribution in [2.45, 2.75) is 6.92 Å². The second kappa shape index (κ2) is 7.96. The number of nitrogens with one attached hydrogen (secondary N) is 2. The van der Waals surface area contributed by atoms with E-state index in [9.17, 15) is 4.79 Å². The summed E-state index contributed by atoms with van der Waals surface area (Å²) in [5.74, 6) is 1.16. The van der Waals surface area contributed by atoms with Crippen LogP contribution in [-0.4, -0.2) is 36.6 Å². The fourth-order valence-corrected chi connectivity index (χ4v) is 2.04. The number of aryl methyl sites for hydroxylation is 1. The van der Waals surface area contributed by atoms with E-state index in [1.165, 1.54) is 7.11 Å². The molecule has 2 rings (SSSR count). The van der Waals surface area contributed by atoms with Gasteiger partial charge in [-0.05, 0) is 25.1 Å². The van der Waals surface area contributed by atoms with Gasteiger partial charge in [0.15, 0.2) is 11.5 Å². The van der Waals surface area contributed by atoms with E-state index in [2.05, 4.69) is 27.2 Å². The van der Waals surface area contributed by atoms with Gasteiger partial charge in [-0.1, -0.05) is 6.08 Å². The second-order valence-electron chi connectivity index (χ2n) is 4.91. The molecule has 0 aliphatic heterocycles. The van der Waals surface area contributed by atoms with Gasteiger partial charge in [-0.15, -0.1) is 6.58 Å². The summed E-state index contributed by atoms with van der Waals surface area (Å²) in [6, 6.07) is 6.75. The number of ether oxygens (including phenoxy) is 2. The van der Waals surface area contributed by atoms with E-state index >= 15 is 0 Å². The zero-order valence-electron chi connectivity index (χ0n) is 13.9. The van der Waals surface area contributed by atoms with Crippen molar-refractivity contribution in [3.8, 4) is 11.5 Å². The molecule has 7 heteroatoms. The Morgan fingerprint density at radius 3 is 2.62 bits per heavy atom. The van der Waals surface area contributed by atoms with Gasteiger partial charge < -0.3 is 20.1 Å². The average molecular weight is 328 g/mol. The van der Waals surface area contributed by atoms with Crippen LogP contribution in [0, 0.1) is 6.92 Å². The molecule has 1 aromatic heterocycles. The summed E-state index contributed by atoms with van der Waals surface area (Å²) in [7, 11) is 3.09. The summed E-state index contributed by atoms with van der Waals surface area (Å²) in [4.78, 5) is 20.9. The minimum atomic E-state index is -0.339. The first-order valence-electron chi connectivity index (χ1n) is 7.31. The minimum Gasteiger partial charge on any atom is -0.493 e. The smallest absolute Gasteiger partial charge is 0.274 e. The number of hydrogen-bond donors (Lipinski definition) is 2. The Bertz CT molecular complexity index is 747. The van der Waals surface area contributed by atoms with Crippen molar-refractivity contribution in [2.75, 3.05) is 31.4 Å². The number of rotatable bonds is 7. The molecule has 0 radical (unpaired) electrons.